The van der Waals surface area contributed by atoms with Crippen LogP contribution in [-0.2, 0) is 0 Å². The Hall–Kier alpha value is -9.52. The lowest BCUT2D eigenvalue weighted by molar-refractivity contribution is 0.487. The van der Waals surface area contributed by atoms with Crippen LogP contribution in [-0.4, -0.2) is 6.71 Å². The van der Waals surface area contributed by atoms with Crippen LogP contribution in [0.25, 0.3) is 22.3 Å². The van der Waals surface area contributed by atoms with Gasteiger partial charge in [-0.25, -0.2) is 0 Å². The molecule has 0 saturated heterocycles. The number of fused-ring (bicyclic) bond motifs is 6. The Labute approximate surface area is 477 Å². The summed E-state index contributed by atoms with van der Waals surface area (Å²) in [6.07, 6.45) is 0. The van der Waals surface area contributed by atoms with Crippen LogP contribution in [0.1, 0.15) is 76.0 Å². The van der Waals surface area contributed by atoms with Crippen LogP contribution < -0.4 is 40.7 Å². The van der Waals surface area contributed by atoms with Gasteiger partial charge in [0.2, 0.25) is 0 Å². The van der Waals surface area contributed by atoms with E-state index in [4.69, 9.17) is 4.74 Å². The van der Waals surface area contributed by atoms with Gasteiger partial charge in [0.05, 0.1) is 45.5 Å². The molecule has 0 aromatic heterocycles. The van der Waals surface area contributed by atoms with Crippen LogP contribution in [0.15, 0.2) is 255 Å². The summed E-state index contributed by atoms with van der Waals surface area (Å²) in [6, 6.07) is 93.3. The minimum atomic E-state index is -0.0824. The molecule has 0 N–H and O–H groups in total. The third-order valence-corrected chi connectivity index (χ3v) is 16.7. The maximum absolute atomic E-state index is 7.06. The molecule has 11 aromatic carbocycles. The van der Waals surface area contributed by atoms with Crippen molar-refractivity contribution in [3.63, 3.8) is 0 Å². The van der Waals surface area contributed by atoms with Crippen LogP contribution in [0.2, 0.25) is 0 Å². The van der Waals surface area contributed by atoms with Gasteiger partial charge in [0.15, 0.2) is 0 Å². The summed E-state index contributed by atoms with van der Waals surface area (Å²) in [5, 5.41) is 0. The Kier molecular flexibility index (Phi) is 12.5. The molecule has 0 atom stereocenters. The third kappa shape index (κ3) is 8.56. The Bertz CT molecular complexity index is 3800. The summed E-state index contributed by atoms with van der Waals surface area (Å²) in [6.45, 7) is 14.0. The molecule has 0 unspecified atom stereocenters. The molecule has 11 aromatic rings. The molecule has 14 rings (SSSR count). The zero-order chi connectivity index (χ0) is 54.9. The van der Waals surface area contributed by atoms with Gasteiger partial charge in [-0.15, -0.1) is 0 Å². The van der Waals surface area contributed by atoms with Gasteiger partial charge in [-0.05, 0) is 177 Å². The maximum atomic E-state index is 7.06. The summed E-state index contributed by atoms with van der Waals surface area (Å²) in [5.74, 6) is 2.80. The van der Waals surface area contributed by atoms with E-state index in [-0.39, 0.29) is 6.71 Å². The number of nitrogens with zero attached hydrogens (tertiary/aromatic N) is 4. The second-order valence-electron chi connectivity index (χ2n) is 22.7. The van der Waals surface area contributed by atoms with Crippen LogP contribution in [0.5, 0.6) is 11.5 Å². The van der Waals surface area contributed by atoms with Crippen molar-refractivity contribution >= 4 is 91.3 Å². The van der Waals surface area contributed by atoms with E-state index >= 15 is 0 Å². The van der Waals surface area contributed by atoms with Crippen LogP contribution in [0.3, 0.4) is 0 Å². The second-order valence-corrected chi connectivity index (χ2v) is 22.7. The van der Waals surface area contributed by atoms with Crippen molar-refractivity contribution in [2.75, 3.05) is 19.6 Å². The first kappa shape index (κ1) is 49.8. The van der Waals surface area contributed by atoms with Gasteiger partial charge >= 0.3 is 0 Å². The summed E-state index contributed by atoms with van der Waals surface area (Å²) < 4.78 is 7.06. The van der Waals surface area contributed by atoms with E-state index in [2.05, 4.69) is 316 Å². The highest BCUT2D eigenvalue weighted by Gasteiger charge is 2.38. The molecule has 3 aliphatic rings. The van der Waals surface area contributed by atoms with E-state index in [1.807, 2.05) is 0 Å². The predicted octanol–water partition coefficient (Wildman–Crippen LogP) is 19.5. The Morgan fingerprint density at radius 3 is 0.864 bits per heavy atom. The van der Waals surface area contributed by atoms with Gasteiger partial charge in [0, 0.05) is 22.7 Å². The van der Waals surface area contributed by atoms with Crippen molar-refractivity contribution in [1.82, 2.24) is 0 Å². The molecular formula is C75H63BN4O. The number of benzene rings is 11. The van der Waals surface area contributed by atoms with E-state index in [0.29, 0.717) is 17.8 Å². The van der Waals surface area contributed by atoms with E-state index in [0.717, 1.165) is 102 Å². The number of ether oxygens (including phenoxy) is 1. The molecule has 0 aliphatic carbocycles. The van der Waals surface area contributed by atoms with E-state index in [9.17, 15) is 0 Å². The molecule has 392 valence electrons. The van der Waals surface area contributed by atoms with Crippen molar-refractivity contribution in [2.45, 2.75) is 59.3 Å². The number of hydrogen-bond acceptors (Lipinski definition) is 5. The first-order valence-electron chi connectivity index (χ1n) is 28.7. The molecule has 0 spiro atoms. The predicted molar refractivity (Wildman–Crippen MR) is 343 cm³/mol. The molecule has 0 bridgehead atoms. The number of anilines is 12. The lowest BCUT2D eigenvalue weighted by Crippen LogP contribution is -2.57. The monoisotopic (exact) mass is 1050 g/mol. The molecule has 0 saturated carbocycles. The lowest BCUT2D eigenvalue weighted by Gasteiger charge is -2.40. The van der Waals surface area contributed by atoms with Crippen molar-refractivity contribution in [3.8, 4) is 33.8 Å². The molecule has 81 heavy (non-hydrogen) atoms. The van der Waals surface area contributed by atoms with Crippen molar-refractivity contribution in [2.24, 2.45) is 0 Å². The van der Waals surface area contributed by atoms with Gasteiger partial charge in [-0.1, -0.05) is 193 Å². The van der Waals surface area contributed by atoms with Gasteiger partial charge in [0.25, 0.3) is 6.71 Å². The fourth-order valence-corrected chi connectivity index (χ4v) is 12.8. The Morgan fingerprint density at radius 1 is 0.284 bits per heavy atom. The maximum Gasteiger partial charge on any atom is 0.251 e. The van der Waals surface area contributed by atoms with Crippen LogP contribution in [0.4, 0.5) is 68.2 Å². The van der Waals surface area contributed by atoms with Gasteiger partial charge < -0.3 is 24.3 Å². The smallest absolute Gasteiger partial charge is 0.251 e. The molecule has 6 heteroatoms. The van der Waals surface area contributed by atoms with Crippen molar-refractivity contribution in [3.05, 3.63) is 271 Å². The summed E-state index contributed by atoms with van der Waals surface area (Å²) in [7, 11) is 0. The first-order valence-corrected chi connectivity index (χ1v) is 28.7. The minimum Gasteiger partial charge on any atom is -0.458 e. The molecular weight excluding hydrogens is 984 g/mol. The molecule has 0 fully saturated rings. The molecule has 3 heterocycles. The standard InChI is InChI=1S/C75H63BN4O/c1-49(2)56-45-61(50(3)4)75(62(46-56)51(5)6)76-63-47-54(52-33-39-59(40-34-52)79-69-29-17-13-25-65(69)77(57-21-9-7-10-22-57)66-26-14-18-30-70(66)79)37-43-73(63)81-74-44-38-55(48-64(74)76)53-35-41-60(42-36-53)80-71-31-19-15-27-67(71)78(58-23-11-8-12-24-58)68-28-16-20-32-72(68)80/h7-51H,1-6H3. The van der Waals surface area contributed by atoms with Gasteiger partial charge in [-0.2, -0.15) is 0 Å². The minimum absolute atomic E-state index is 0.0824. The summed E-state index contributed by atoms with van der Waals surface area (Å²) in [5.41, 5.74) is 26.2. The first-order chi connectivity index (χ1) is 39.7. The molecule has 0 radical (unpaired) electrons. The average Bonchev–Trinajstić information content (AvgIpc) is 3.63. The van der Waals surface area contributed by atoms with Crippen molar-refractivity contribution < 1.29 is 4.74 Å². The Balaban J connectivity index is 0.862. The fraction of sp³-hybridized carbons (Fsp3) is 0.120. The Morgan fingerprint density at radius 2 is 0.568 bits per heavy atom. The highest BCUT2D eigenvalue weighted by Crippen LogP contribution is 2.56. The topological polar surface area (TPSA) is 22.2 Å². The van der Waals surface area contributed by atoms with Gasteiger partial charge in [0.1, 0.15) is 11.5 Å². The van der Waals surface area contributed by atoms with E-state index in [1.165, 1.54) is 33.1 Å². The summed E-state index contributed by atoms with van der Waals surface area (Å²) >= 11 is 0. The van der Waals surface area contributed by atoms with E-state index in [1.54, 1.807) is 0 Å². The molecule has 3 aliphatic heterocycles. The van der Waals surface area contributed by atoms with Crippen molar-refractivity contribution in [1.29, 1.82) is 0 Å². The summed E-state index contributed by atoms with van der Waals surface area (Å²) in [4.78, 5) is 9.55. The molecule has 5 nitrogen and oxygen atoms in total. The number of hydrogen-bond donors (Lipinski definition) is 0. The van der Waals surface area contributed by atoms with Gasteiger partial charge in [-0.3, -0.25) is 0 Å². The highest BCUT2D eigenvalue weighted by atomic mass is 16.5. The lowest BCUT2D eigenvalue weighted by atomic mass is 9.33. The third-order valence-electron chi connectivity index (χ3n) is 16.7. The highest BCUT2D eigenvalue weighted by molar-refractivity contribution is 6.97. The number of para-hydroxylation sites is 10. The second kappa shape index (κ2) is 20.3. The van der Waals surface area contributed by atoms with Crippen LogP contribution >= 0.6 is 0 Å². The quantitative estimate of drug-likeness (QED) is 0.127. The van der Waals surface area contributed by atoms with E-state index < -0.39 is 0 Å². The SMILES string of the molecule is CC(C)c1cc(C(C)C)c(B2c3cc(-c4ccc(N5c6ccccc6N(c6ccccc6)c6ccccc65)cc4)ccc3Oc3ccc(-c4ccc(N5c6ccccc6N(c6ccccc6)c6ccccc65)cc4)cc32)c(C(C)C)c1. The average molecular weight is 1050 g/mol. The van der Waals surface area contributed by atoms with Crippen LogP contribution in [0, 0.1) is 0 Å². The molecule has 0 amide bonds. The largest absolute Gasteiger partial charge is 0.458 e. The zero-order valence-electron chi connectivity index (χ0n) is 46.8. The fourth-order valence-electron chi connectivity index (χ4n) is 12.8. The normalized spacial score (nSPS) is 13.1. The number of rotatable bonds is 10. The zero-order valence-corrected chi connectivity index (χ0v) is 46.8.